The molecule has 0 aliphatic heterocycles. The van der Waals surface area contributed by atoms with E-state index in [1.807, 2.05) is 13.8 Å². The van der Waals surface area contributed by atoms with E-state index in [0.717, 1.165) is 29.0 Å². The van der Waals surface area contributed by atoms with Gasteiger partial charge in [0.25, 0.3) is 0 Å². The van der Waals surface area contributed by atoms with Crippen LogP contribution in [-0.4, -0.2) is 14.5 Å². The largest absolute Gasteiger partial charge is 0.348 e. The van der Waals surface area contributed by atoms with Crippen LogP contribution in [-0.2, 0) is 13.5 Å². The summed E-state index contributed by atoms with van der Waals surface area (Å²) in [6.45, 7) is 10.6. The number of benzene rings is 1. The van der Waals surface area contributed by atoms with Gasteiger partial charge in [-0.05, 0) is 41.7 Å². The Morgan fingerprint density at radius 1 is 1.18 bits per heavy atom. The number of nitrogens with one attached hydrogen (secondary N) is 1. The number of hydrogen-bond acceptors (Lipinski definition) is 1. The summed E-state index contributed by atoms with van der Waals surface area (Å²) in [5.41, 5.74) is 5.97. The zero-order chi connectivity index (χ0) is 16.3. The molecule has 2 aromatic heterocycles. The molecule has 0 bridgehead atoms. The lowest BCUT2D eigenvalue weighted by atomic mass is 10.1. The van der Waals surface area contributed by atoms with Crippen molar-refractivity contribution in [1.82, 2.24) is 14.5 Å². The second kappa shape index (κ2) is 6.82. The first kappa shape index (κ1) is 16.3. The number of nitrogens with zero attached hydrogens (tertiary/aromatic N) is 2. The number of hydrogen-bond donors (Lipinski definition) is 1. The number of aromatic nitrogens is 3. The number of aromatic amines is 1. The Balaban J connectivity index is 0.000000847. The van der Waals surface area contributed by atoms with Crippen molar-refractivity contribution in [3.8, 4) is 11.5 Å². The van der Waals surface area contributed by atoms with Crippen molar-refractivity contribution in [2.24, 2.45) is 7.05 Å². The fourth-order valence-corrected chi connectivity index (χ4v) is 2.54. The smallest absolute Gasteiger partial charge is 0.155 e. The first-order valence-corrected chi connectivity index (χ1v) is 8.23. The molecule has 0 amide bonds. The molecule has 3 aromatic rings. The van der Waals surface area contributed by atoms with Crippen LogP contribution in [0.15, 0.2) is 30.5 Å². The molecule has 3 nitrogen and oxygen atoms in total. The predicted molar refractivity (Wildman–Crippen MR) is 95.3 cm³/mol. The van der Waals surface area contributed by atoms with Crippen molar-refractivity contribution in [3.05, 3.63) is 41.6 Å². The third-order valence-corrected chi connectivity index (χ3v) is 3.89. The van der Waals surface area contributed by atoms with Crippen molar-refractivity contribution < 1.29 is 0 Å². The van der Waals surface area contributed by atoms with Crippen LogP contribution in [0.1, 0.15) is 51.7 Å². The summed E-state index contributed by atoms with van der Waals surface area (Å²) in [5.74, 6) is 1.48. The first-order valence-electron chi connectivity index (χ1n) is 8.23. The molecule has 3 rings (SSSR count). The van der Waals surface area contributed by atoms with Crippen LogP contribution in [0.2, 0.25) is 0 Å². The maximum Gasteiger partial charge on any atom is 0.155 e. The highest BCUT2D eigenvalue weighted by molar-refractivity contribution is 5.79. The quantitative estimate of drug-likeness (QED) is 0.701. The van der Waals surface area contributed by atoms with Gasteiger partial charge in [-0.25, -0.2) is 4.98 Å². The average molecular weight is 297 g/mol. The van der Waals surface area contributed by atoms with Crippen molar-refractivity contribution >= 4 is 11.0 Å². The summed E-state index contributed by atoms with van der Waals surface area (Å²) in [6.07, 6.45) is 3.23. The van der Waals surface area contributed by atoms with E-state index in [-0.39, 0.29) is 0 Å². The van der Waals surface area contributed by atoms with E-state index in [1.165, 1.54) is 11.1 Å². The molecule has 0 atom stereocenters. The Labute approximate surface area is 133 Å². The van der Waals surface area contributed by atoms with Crippen LogP contribution in [0.4, 0.5) is 0 Å². The molecule has 3 heteroatoms. The lowest BCUT2D eigenvalue weighted by Gasteiger charge is -1.97. The third kappa shape index (κ3) is 3.08. The van der Waals surface area contributed by atoms with Crippen molar-refractivity contribution in [3.63, 3.8) is 0 Å². The molecular weight excluding hydrogens is 270 g/mol. The van der Waals surface area contributed by atoms with Gasteiger partial charge in [0.15, 0.2) is 5.82 Å². The summed E-state index contributed by atoms with van der Waals surface area (Å²) < 4.78 is 2.15. The highest BCUT2D eigenvalue weighted by Gasteiger charge is 2.12. The number of rotatable bonds is 3. The van der Waals surface area contributed by atoms with Gasteiger partial charge in [0.2, 0.25) is 0 Å². The third-order valence-electron chi connectivity index (χ3n) is 3.89. The molecule has 0 unspecified atom stereocenters. The molecule has 0 aliphatic rings. The van der Waals surface area contributed by atoms with Gasteiger partial charge in [-0.1, -0.05) is 40.7 Å². The second-order valence-corrected chi connectivity index (χ2v) is 5.71. The van der Waals surface area contributed by atoms with Crippen LogP contribution in [0.5, 0.6) is 0 Å². The molecule has 0 aliphatic carbocycles. The lowest BCUT2D eigenvalue weighted by Crippen LogP contribution is -1.90. The fraction of sp³-hybridized carbons (Fsp3) is 0.421. The van der Waals surface area contributed by atoms with Gasteiger partial charge in [-0.15, -0.1) is 0 Å². The first-order chi connectivity index (χ1) is 10.6. The number of imidazole rings is 1. The van der Waals surface area contributed by atoms with Crippen molar-refractivity contribution in [2.45, 2.75) is 47.0 Å². The van der Waals surface area contributed by atoms with Crippen molar-refractivity contribution in [1.29, 1.82) is 0 Å². The zero-order valence-corrected chi connectivity index (χ0v) is 14.6. The van der Waals surface area contributed by atoms with Gasteiger partial charge >= 0.3 is 0 Å². The Bertz CT molecular complexity index is 747. The summed E-state index contributed by atoms with van der Waals surface area (Å²) >= 11 is 0. The van der Waals surface area contributed by atoms with E-state index in [2.05, 4.69) is 67.8 Å². The summed E-state index contributed by atoms with van der Waals surface area (Å²) in [7, 11) is 2.08. The van der Waals surface area contributed by atoms with Gasteiger partial charge in [0.1, 0.15) is 0 Å². The minimum Gasteiger partial charge on any atom is -0.348 e. The maximum atomic E-state index is 4.72. The highest BCUT2D eigenvalue weighted by atomic mass is 15.0. The molecule has 22 heavy (non-hydrogen) atoms. The van der Waals surface area contributed by atoms with E-state index in [9.17, 15) is 0 Å². The van der Waals surface area contributed by atoms with Gasteiger partial charge in [-0.3, -0.25) is 0 Å². The van der Waals surface area contributed by atoms with Gasteiger partial charge in [0, 0.05) is 13.2 Å². The van der Waals surface area contributed by atoms with Crippen LogP contribution in [0.25, 0.3) is 22.6 Å². The fourth-order valence-electron chi connectivity index (χ4n) is 2.54. The lowest BCUT2D eigenvalue weighted by molar-refractivity contribution is 0.850. The van der Waals surface area contributed by atoms with Crippen LogP contribution < -0.4 is 0 Å². The molecule has 0 fully saturated rings. The topological polar surface area (TPSA) is 33.6 Å². The molecule has 0 saturated carbocycles. The second-order valence-electron chi connectivity index (χ2n) is 5.71. The molecule has 1 aromatic carbocycles. The molecule has 0 radical (unpaired) electrons. The minimum absolute atomic E-state index is 0.533. The van der Waals surface area contributed by atoms with Crippen molar-refractivity contribution in [2.75, 3.05) is 0 Å². The molecular formula is C19H27N3. The number of aryl methyl sites for hydroxylation is 2. The Hall–Kier alpha value is -2.03. The highest BCUT2D eigenvalue weighted by Crippen LogP contribution is 2.26. The molecule has 2 heterocycles. The van der Waals surface area contributed by atoms with E-state index >= 15 is 0 Å². The molecule has 0 saturated heterocycles. The van der Waals surface area contributed by atoms with E-state index in [1.54, 1.807) is 0 Å². The van der Waals surface area contributed by atoms with Crippen LogP contribution in [0.3, 0.4) is 0 Å². The Morgan fingerprint density at radius 2 is 1.91 bits per heavy atom. The normalized spacial score (nSPS) is 10.9. The van der Waals surface area contributed by atoms with E-state index in [4.69, 9.17) is 4.98 Å². The Morgan fingerprint density at radius 3 is 2.50 bits per heavy atom. The predicted octanol–water partition coefficient (Wildman–Crippen LogP) is 5.28. The maximum absolute atomic E-state index is 4.72. The monoisotopic (exact) mass is 297 g/mol. The molecule has 0 spiro atoms. The van der Waals surface area contributed by atoms with Crippen LogP contribution in [0, 0.1) is 0 Å². The standard InChI is InChI=1S/C17H21N3.C2H6/c1-5-12-6-7-14-15(8-12)19-17(18-14)16-9-13(11(2)3)10-20(16)4;1-2/h6-11H,5H2,1-4H3,(H,18,19);1-2H3. The van der Waals surface area contributed by atoms with Gasteiger partial charge in [0.05, 0.1) is 16.7 Å². The van der Waals surface area contributed by atoms with Gasteiger partial charge in [-0.2, -0.15) is 0 Å². The Kier molecular flexibility index (Phi) is 5.07. The minimum atomic E-state index is 0.533. The molecule has 1 N–H and O–H groups in total. The van der Waals surface area contributed by atoms with Gasteiger partial charge < -0.3 is 9.55 Å². The average Bonchev–Trinajstić information content (AvgIpc) is 3.11. The van der Waals surface area contributed by atoms with Crippen LogP contribution >= 0.6 is 0 Å². The summed E-state index contributed by atoms with van der Waals surface area (Å²) in [6, 6.07) is 8.67. The molecule has 118 valence electrons. The number of H-pyrrole nitrogens is 1. The number of fused-ring (bicyclic) bond motifs is 1. The summed E-state index contributed by atoms with van der Waals surface area (Å²) in [5, 5.41) is 0. The van der Waals surface area contributed by atoms with E-state index in [0.29, 0.717) is 5.92 Å². The zero-order valence-electron chi connectivity index (χ0n) is 14.6. The summed E-state index contributed by atoms with van der Waals surface area (Å²) in [4.78, 5) is 8.16. The van der Waals surface area contributed by atoms with E-state index < -0.39 is 0 Å². The SMILES string of the molecule is CC.CCc1ccc2nc(-c3cc(C(C)C)cn3C)[nH]c2c1.